The van der Waals surface area contributed by atoms with Crippen LogP contribution in [0.1, 0.15) is 27.8 Å². The first-order valence-corrected chi connectivity index (χ1v) is 13.8. The normalized spacial score (nSPS) is 11.3. The van der Waals surface area contributed by atoms with E-state index in [0.717, 1.165) is 45.1 Å². The molecule has 0 unspecified atom stereocenters. The van der Waals surface area contributed by atoms with Crippen LogP contribution in [0, 0.1) is 6.92 Å². The van der Waals surface area contributed by atoms with Crippen LogP contribution in [-0.4, -0.2) is 7.11 Å². The largest absolute Gasteiger partial charge is 0.497 e. The zero-order chi connectivity index (χ0) is 27.9. The fourth-order valence-corrected chi connectivity index (χ4v) is 4.84. The second kappa shape index (κ2) is 12.7. The smallest absolute Gasteiger partial charge is 0.119 e. The summed E-state index contributed by atoms with van der Waals surface area (Å²) in [5, 5.41) is 1.30. The Kier molecular flexibility index (Phi) is 8.71. The summed E-state index contributed by atoms with van der Waals surface area (Å²) in [7, 11) is 1.68. The van der Waals surface area contributed by atoms with Gasteiger partial charge in [-0.1, -0.05) is 108 Å². The predicted molar refractivity (Wildman–Crippen MR) is 173 cm³/mol. The van der Waals surface area contributed by atoms with Gasteiger partial charge in [0.2, 0.25) is 0 Å². The molecule has 0 aliphatic rings. The highest BCUT2D eigenvalue weighted by molar-refractivity contribution is 6.35. The molecule has 5 aromatic carbocycles. The Hall–Kier alpha value is -4.24. The van der Waals surface area contributed by atoms with Gasteiger partial charge < -0.3 is 9.64 Å². The van der Waals surface area contributed by atoms with Gasteiger partial charge in [0.25, 0.3) is 0 Å². The Morgan fingerprint density at radius 1 is 0.550 bits per heavy atom. The number of ether oxygens (including phenoxy) is 1. The van der Waals surface area contributed by atoms with Crippen LogP contribution in [0.3, 0.4) is 0 Å². The van der Waals surface area contributed by atoms with E-state index in [1.165, 1.54) is 5.56 Å². The number of benzene rings is 5. The van der Waals surface area contributed by atoms with E-state index in [9.17, 15) is 0 Å². The third-order valence-corrected chi connectivity index (χ3v) is 7.25. The summed E-state index contributed by atoms with van der Waals surface area (Å²) < 4.78 is 5.35. The lowest BCUT2D eigenvalue weighted by Gasteiger charge is -2.25. The van der Waals surface area contributed by atoms with Crippen molar-refractivity contribution in [2.45, 2.75) is 6.92 Å². The fraction of sp³-hybridized carbons (Fsp3) is 0.0556. The molecule has 0 aliphatic carbocycles. The fourth-order valence-electron chi connectivity index (χ4n) is 4.37. The van der Waals surface area contributed by atoms with E-state index in [2.05, 4.69) is 84.6 Å². The van der Waals surface area contributed by atoms with E-state index >= 15 is 0 Å². The average Bonchev–Trinajstić information content (AvgIpc) is 2.99. The van der Waals surface area contributed by atoms with Crippen LogP contribution in [0.15, 0.2) is 115 Å². The molecular formula is C36H29Cl2NO. The Balaban J connectivity index is 1.36. The van der Waals surface area contributed by atoms with Crippen molar-refractivity contribution in [1.82, 2.24) is 0 Å². The van der Waals surface area contributed by atoms with Crippen molar-refractivity contribution in [2.24, 2.45) is 0 Å². The van der Waals surface area contributed by atoms with Gasteiger partial charge >= 0.3 is 0 Å². The van der Waals surface area contributed by atoms with Crippen molar-refractivity contribution in [2.75, 3.05) is 12.0 Å². The van der Waals surface area contributed by atoms with Gasteiger partial charge in [-0.05, 0) is 89.8 Å². The lowest BCUT2D eigenvalue weighted by atomic mass is 10.1. The van der Waals surface area contributed by atoms with Crippen LogP contribution in [0.5, 0.6) is 5.75 Å². The van der Waals surface area contributed by atoms with Gasteiger partial charge in [-0.15, -0.1) is 0 Å². The first-order chi connectivity index (χ1) is 19.5. The van der Waals surface area contributed by atoms with Crippen molar-refractivity contribution in [1.29, 1.82) is 0 Å². The summed E-state index contributed by atoms with van der Waals surface area (Å²) in [5.41, 5.74) is 8.34. The van der Waals surface area contributed by atoms with Crippen molar-refractivity contribution >= 4 is 64.6 Å². The van der Waals surface area contributed by atoms with Crippen molar-refractivity contribution in [3.63, 3.8) is 0 Å². The molecule has 0 saturated carbocycles. The first-order valence-electron chi connectivity index (χ1n) is 13.0. The molecule has 0 radical (unpaired) electrons. The van der Waals surface area contributed by atoms with E-state index in [-0.39, 0.29) is 0 Å². The number of aryl methyl sites for hydroxylation is 1. The van der Waals surface area contributed by atoms with Gasteiger partial charge in [-0.3, -0.25) is 0 Å². The third kappa shape index (κ3) is 6.66. The van der Waals surface area contributed by atoms with E-state index in [4.69, 9.17) is 27.9 Å². The number of hydrogen-bond acceptors (Lipinski definition) is 2. The summed E-state index contributed by atoms with van der Waals surface area (Å²) in [6.07, 6.45) is 8.07. The van der Waals surface area contributed by atoms with E-state index in [1.54, 1.807) is 7.11 Å². The molecule has 0 spiro atoms. The zero-order valence-corrected chi connectivity index (χ0v) is 23.9. The summed E-state index contributed by atoms with van der Waals surface area (Å²) in [5.74, 6) is 0.825. The van der Waals surface area contributed by atoms with Crippen molar-refractivity contribution < 1.29 is 4.74 Å². The summed E-state index contributed by atoms with van der Waals surface area (Å²) >= 11 is 13.2. The molecular weight excluding hydrogens is 533 g/mol. The molecule has 0 heterocycles. The van der Waals surface area contributed by atoms with E-state index in [1.807, 2.05) is 66.8 Å². The predicted octanol–water partition coefficient (Wildman–Crippen LogP) is 11.1. The Morgan fingerprint density at radius 2 is 1.00 bits per heavy atom. The van der Waals surface area contributed by atoms with Gasteiger partial charge in [0.05, 0.1) is 7.11 Å². The maximum Gasteiger partial charge on any atom is 0.119 e. The first kappa shape index (κ1) is 27.3. The Labute approximate surface area is 246 Å². The molecule has 4 heteroatoms. The monoisotopic (exact) mass is 561 g/mol. The highest BCUT2D eigenvalue weighted by Crippen LogP contribution is 2.35. The quantitative estimate of drug-likeness (QED) is 0.174. The maximum absolute atomic E-state index is 6.63. The minimum absolute atomic E-state index is 0.649. The van der Waals surface area contributed by atoms with Crippen LogP contribution in [0.2, 0.25) is 10.0 Å². The minimum Gasteiger partial charge on any atom is -0.497 e. The molecule has 0 saturated heterocycles. The van der Waals surface area contributed by atoms with Crippen LogP contribution < -0.4 is 9.64 Å². The summed E-state index contributed by atoms with van der Waals surface area (Å²) in [6.45, 7) is 2.08. The second-order valence-corrected chi connectivity index (χ2v) is 10.2. The molecule has 5 aromatic rings. The zero-order valence-electron chi connectivity index (χ0n) is 22.4. The molecule has 5 rings (SSSR count). The van der Waals surface area contributed by atoms with Gasteiger partial charge in [0, 0.05) is 27.1 Å². The molecule has 40 heavy (non-hydrogen) atoms. The summed E-state index contributed by atoms with van der Waals surface area (Å²) in [4.78, 5) is 2.21. The lowest BCUT2D eigenvalue weighted by Crippen LogP contribution is -2.09. The molecule has 198 valence electrons. The highest BCUT2D eigenvalue weighted by Gasteiger charge is 2.12. The van der Waals surface area contributed by atoms with E-state index in [0.29, 0.717) is 10.0 Å². The number of hydrogen-bond donors (Lipinski definition) is 0. The molecule has 0 bridgehead atoms. The van der Waals surface area contributed by atoms with Gasteiger partial charge in [0.15, 0.2) is 0 Å². The number of rotatable bonds is 8. The molecule has 0 aromatic heterocycles. The maximum atomic E-state index is 6.63. The third-order valence-electron chi connectivity index (χ3n) is 6.60. The standard InChI is InChI=1S/C36H29Cl2NO/c1-26-8-10-27(11-9-26)12-16-29-24-36(38)30(25-35(29)37)17-13-28-14-18-32(19-15-28)39(31-6-4-3-5-7-31)33-20-22-34(40-2)23-21-33/h3-25H,1-2H3/b16-12+,17-13+. The van der Waals surface area contributed by atoms with Crippen LogP contribution in [0.25, 0.3) is 24.3 Å². The van der Waals surface area contributed by atoms with E-state index < -0.39 is 0 Å². The number of halogens is 2. The van der Waals surface area contributed by atoms with Crippen LogP contribution in [-0.2, 0) is 0 Å². The number of anilines is 3. The van der Waals surface area contributed by atoms with Crippen LogP contribution >= 0.6 is 23.2 Å². The number of nitrogens with zero attached hydrogens (tertiary/aromatic N) is 1. The Bertz CT molecular complexity index is 1620. The van der Waals surface area contributed by atoms with Crippen LogP contribution in [0.4, 0.5) is 17.1 Å². The number of para-hydroxylation sites is 1. The second-order valence-electron chi connectivity index (χ2n) is 9.43. The average molecular weight is 563 g/mol. The van der Waals surface area contributed by atoms with Gasteiger partial charge in [0.1, 0.15) is 5.75 Å². The number of methoxy groups -OCH3 is 1. The molecule has 0 amide bonds. The van der Waals surface area contributed by atoms with Gasteiger partial charge in [-0.2, -0.15) is 0 Å². The minimum atomic E-state index is 0.649. The molecule has 0 N–H and O–H groups in total. The highest BCUT2D eigenvalue weighted by atomic mass is 35.5. The molecule has 2 nitrogen and oxygen atoms in total. The van der Waals surface area contributed by atoms with Crippen molar-refractivity contribution in [3.05, 3.63) is 153 Å². The Morgan fingerprint density at radius 3 is 1.50 bits per heavy atom. The SMILES string of the molecule is COc1ccc(N(c2ccccc2)c2ccc(/C=C/c3cc(Cl)c(/C=C/c4ccc(C)cc4)cc3Cl)cc2)cc1. The summed E-state index contributed by atoms with van der Waals surface area (Å²) in [6, 6.07) is 39.0. The van der Waals surface area contributed by atoms with Crippen molar-refractivity contribution in [3.8, 4) is 5.75 Å². The molecule has 0 aliphatic heterocycles. The molecule has 0 fully saturated rings. The molecule has 0 atom stereocenters. The topological polar surface area (TPSA) is 12.5 Å². The lowest BCUT2D eigenvalue weighted by molar-refractivity contribution is 0.415. The van der Waals surface area contributed by atoms with Gasteiger partial charge in [-0.25, -0.2) is 0 Å².